The van der Waals surface area contributed by atoms with Crippen LogP contribution < -0.4 is 11.1 Å². The van der Waals surface area contributed by atoms with E-state index in [9.17, 15) is 4.79 Å². The summed E-state index contributed by atoms with van der Waals surface area (Å²) in [6.07, 6.45) is 0. The average Bonchev–Trinajstić information content (AvgIpc) is 2.31. The van der Waals surface area contributed by atoms with Crippen molar-refractivity contribution in [2.75, 3.05) is 11.9 Å². The van der Waals surface area contributed by atoms with E-state index in [4.69, 9.17) is 11.0 Å². The van der Waals surface area contributed by atoms with Gasteiger partial charge in [-0.25, -0.2) is 0 Å². The zero-order valence-electron chi connectivity index (χ0n) is 10.4. The van der Waals surface area contributed by atoms with Crippen molar-refractivity contribution in [2.24, 2.45) is 11.1 Å². The van der Waals surface area contributed by atoms with Gasteiger partial charge < -0.3 is 11.1 Å². The van der Waals surface area contributed by atoms with Crippen LogP contribution in [0, 0.1) is 23.7 Å². The van der Waals surface area contributed by atoms with Crippen molar-refractivity contribution in [1.29, 1.82) is 5.26 Å². The van der Waals surface area contributed by atoms with Crippen molar-refractivity contribution >= 4 is 11.6 Å². The van der Waals surface area contributed by atoms with E-state index in [1.165, 1.54) is 0 Å². The number of benzene rings is 1. The van der Waals surface area contributed by atoms with E-state index in [0.29, 0.717) is 11.3 Å². The lowest BCUT2D eigenvalue weighted by atomic mass is 9.92. The standard InChI is InChI=1S/C13H17N3O/c1-9-4-5-10(7-14)6-11(9)16-12(17)13(2,3)8-15/h4-6H,8,15H2,1-3H3,(H,16,17). The summed E-state index contributed by atoms with van der Waals surface area (Å²) in [7, 11) is 0. The largest absolute Gasteiger partial charge is 0.329 e. The van der Waals surface area contributed by atoms with Crippen LogP contribution in [0.4, 0.5) is 5.69 Å². The summed E-state index contributed by atoms with van der Waals surface area (Å²) in [5, 5.41) is 11.6. The lowest BCUT2D eigenvalue weighted by Gasteiger charge is -2.22. The first-order chi connectivity index (χ1) is 7.90. The predicted molar refractivity (Wildman–Crippen MR) is 67.4 cm³/mol. The summed E-state index contributed by atoms with van der Waals surface area (Å²) < 4.78 is 0. The van der Waals surface area contributed by atoms with Gasteiger partial charge in [-0.15, -0.1) is 0 Å². The molecule has 0 bridgehead atoms. The molecule has 90 valence electrons. The topological polar surface area (TPSA) is 78.9 Å². The van der Waals surface area contributed by atoms with Crippen LogP contribution in [0.3, 0.4) is 0 Å². The smallest absolute Gasteiger partial charge is 0.231 e. The van der Waals surface area contributed by atoms with Crippen molar-refractivity contribution in [3.8, 4) is 6.07 Å². The molecule has 0 spiro atoms. The summed E-state index contributed by atoms with van der Waals surface area (Å²) in [6.45, 7) is 5.72. The minimum Gasteiger partial charge on any atom is -0.329 e. The Balaban J connectivity index is 2.96. The van der Waals surface area contributed by atoms with Gasteiger partial charge in [0, 0.05) is 12.2 Å². The molecule has 4 nitrogen and oxygen atoms in total. The van der Waals surface area contributed by atoms with Gasteiger partial charge >= 0.3 is 0 Å². The molecule has 0 unspecified atom stereocenters. The molecule has 0 aliphatic carbocycles. The van der Waals surface area contributed by atoms with Gasteiger partial charge in [-0.3, -0.25) is 4.79 Å². The van der Waals surface area contributed by atoms with Crippen molar-refractivity contribution in [3.63, 3.8) is 0 Å². The maximum atomic E-state index is 11.9. The number of rotatable bonds is 3. The average molecular weight is 231 g/mol. The van der Waals surface area contributed by atoms with Crippen molar-refractivity contribution in [3.05, 3.63) is 29.3 Å². The van der Waals surface area contributed by atoms with E-state index < -0.39 is 5.41 Å². The third-order valence-corrected chi connectivity index (χ3v) is 2.74. The monoisotopic (exact) mass is 231 g/mol. The van der Waals surface area contributed by atoms with Gasteiger partial charge in [0.1, 0.15) is 0 Å². The van der Waals surface area contributed by atoms with Crippen molar-refractivity contribution < 1.29 is 4.79 Å². The summed E-state index contributed by atoms with van der Waals surface area (Å²) in [5.74, 6) is -0.141. The predicted octanol–water partition coefficient (Wildman–Crippen LogP) is 1.79. The maximum absolute atomic E-state index is 11.9. The highest BCUT2D eigenvalue weighted by atomic mass is 16.2. The molecular weight excluding hydrogens is 214 g/mol. The first kappa shape index (κ1) is 13.2. The Labute approximate surface area is 101 Å². The zero-order valence-corrected chi connectivity index (χ0v) is 10.4. The van der Waals surface area contributed by atoms with Gasteiger partial charge in [0.15, 0.2) is 0 Å². The van der Waals surface area contributed by atoms with Crippen LogP contribution in [-0.4, -0.2) is 12.5 Å². The van der Waals surface area contributed by atoms with Crippen LogP contribution >= 0.6 is 0 Å². The van der Waals surface area contributed by atoms with Gasteiger partial charge in [0.05, 0.1) is 17.0 Å². The van der Waals surface area contributed by atoms with Gasteiger partial charge in [0.2, 0.25) is 5.91 Å². The molecule has 0 aliphatic heterocycles. The van der Waals surface area contributed by atoms with Gasteiger partial charge in [-0.2, -0.15) is 5.26 Å². The number of carbonyl (C=O) groups is 1. The number of anilines is 1. The summed E-state index contributed by atoms with van der Waals surface area (Å²) in [5.41, 5.74) is 7.03. The second-order valence-corrected chi connectivity index (χ2v) is 4.68. The van der Waals surface area contributed by atoms with Crippen LogP contribution in [0.1, 0.15) is 25.0 Å². The van der Waals surface area contributed by atoms with Crippen LogP contribution in [0.25, 0.3) is 0 Å². The number of nitrogens with two attached hydrogens (primary N) is 1. The van der Waals surface area contributed by atoms with E-state index in [1.54, 1.807) is 26.0 Å². The van der Waals surface area contributed by atoms with Crippen LogP contribution in [-0.2, 0) is 4.79 Å². The molecule has 0 aliphatic rings. The van der Waals surface area contributed by atoms with Gasteiger partial charge in [-0.05, 0) is 38.5 Å². The van der Waals surface area contributed by atoms with Crippen molar-refractivity contribution in [2.45, 2.75) is 20.8 Å². The van der Waals surface area contributed by atoms with E-state index in [-0.39, 0.29) is 12.5 Å². The Bertz CT molecular complexity index is 472. The zero-order chi connectivity index (χ0) is 13.1. The van der Waals surface area contributed by atoms with E-state index in [2.05, 4.69) is 5.32 Å². The number of aryl methyl sites for hydroxylation is 1. The second-order valence-electron chi connectivity index (χ2n) is 4.68. The molecule has 0 radical (unpaired) electrons. The molecular formula is C13H17N3O. The normalized spacial score (nSPS) is 10.8. The number of hydrogen-bond acceptors (Lipinski definition) is 3. The molecule has 1 rings (SSSR count). The highest BCUT2D eigenvalue weighted by Crippen LogP contribution is 2.20. The highest BCUT2D eigenvalue weighted by molar-refractivity contribution is 5.95. The van der Waals surface area contributed by atoms with E-state index in [1.807, 2.05) is 19.1 Å². The van der Waals surface area contributed by atoms with Gasteiger partial charge in [-0.1, -0.05) is 6.07 Å². The molecule has 1 amide bonds. The van der Waals surface area contributed by atoms with Gasteiger partial charge in [0.25, 0.3) is 0 Å². The Morgan fingerprint density at radius 3 is 2.71 bits per heavy atom. The summed E-state index contributed by atoms with van der Waals surface area (Å²) in [4.78, 5) is 11.9. The molecule has 0 aromatic heterocycles. The van der Waals surface area contributed by atoms with Crippen molar-refractivity contribution in [1.82, 2.24) is 0 Å². The molecule has 0 saturated carbocycles. The molecule has 1 aromatic rings. The fraction of sp³-hybridized carbons (Fsp3) is 0.385. The fourth-order valence-electron chi connectivity index (χ4n) is 1.21. The molecule has 0 fully saturated rings. The molecule has 0 saturated heterocycles. The van der Waals surface area contributed by atoms with Crippen LogP contribution in [0.5, 0.6) is 0 Å². The maximum Gasteiger partial charge on any atom is 0.231 e. The minimum atomic E-state index is -0.616. The number of hydrogen-bond donors (Lipinski definition) is 2. The first-order valence-electron chi connectivity index (χ1n) is 5.43. The molecule has 17 heavy (non-hydrogen) atoms. The second kappa shape index (κ2) is 4.98. The number of nitriles is 1. The lowest BCUT2D eigenvalue weighted by Crippen LogP contribution is -2.37. The Hall–Kier alpha value is -1.86. The number of carbonyl (C=O) groups excluding carboxylic acids is 1. The number of nitrogens with zero attached hydrogens (tertiary/aromatic N) is 1. The molecule has 1 aromatic carbocycles. The SMILES string of the molecule is Cc1ccc(C#N)cc1NC(=O)C(C)(C)CN. The quantitative estimate of drug-likeness (QED) is 0.832. The first-order valence-corrected chi connectivity index (χ1v) is 5.43. The number of amides is 1. The fourth-order valence-corrected chi connectivity index (χ4v) is 1.21. The van der Waals surface area contributed by atoms with E-state index in [0.717, 1.165) is 5.56 Å². The van der Waals surface area contributed by atoms with Crippen LogP contribution in [0.2, 0.25) is 0 Å². The molecule has 0 heterocycles. The molecule has 3 N–H and O–H groups in total. The minimum absolute atomic E-state index is 0.141. The summed E-state index contributed by atoms with van der Waals surface area (Å²) >= 11 is 0. The third kappa shape index (κ3) is 3.05. The number of nitrogens with one attached hydrogen (secondary N) is 1. The molecule has 0 atom stereocenters. The Morgan fingerprint density at radius 1 is 1.53 bits per heavy atom. The molecule has 4 heteroatoms. The Morgan fingerprint density at radius 2 is 2.18 bits per heavy atom. The van der Waals surface area contributed by atoms with E-state index >= 15 is 0 Å². The third-order valence-electron chi connectivity index (χ3n) is 2.74. The summed E-state index contributed by atoms with van der Waals surface area (Å²) in [6, 6.07) is 7.24. The van der Waals surface area contributed by atoms with Crippen LogP contribution in [0.15, 0.2) is 18.2 Å². The Kier molecular flexibility index (Phi) is 3.87. The lowest BCUT2D eigenvalue weighted by molar-refractivity contribution is -0.123. The highest BCUT2D eigenvalue weighted by Gasteiger charge is 2.26.